The van der Waals surface area contributed by atoms with Crippen LogP contribution in [0.4, 0.5) is 0 Å². The molecule has 0 aliphatic carbocycles. The van der Waals surface area contributed by atoms with Crippen molar-refractivity contribution in [3.05, 3.63) is 18.2 Å². The number of carboxylic acids is 1. The molecule has 184 valence electrons. The van der Waals surface area contributed by atoms with Gasteiger partial charge in [0.25, 0.3) is 0 Å². The number of nitrogens with zero attached hydrogens (tertiary/aromatic N) is 2. The van der Waals surface area contributed by atoms with Crippen molar-refractivity contribution in [3.8, 4) is 0 Å². The van der Waals surface area contributed by atoms with Crippen LogP contribution in [0.5, 0.6) is 0 Å². The van der Waals surface area contributed by atoms with E-state index < -0.39 is 47.9 Å². The van der Waals surface area contributed by atoms with Crippen molar-refractivity contribution in [2.24, 2.45) is 17.6 Å². The zero-order chi connectivity index (χ0) is 24.7. The molecular formula is C22H36N6O5. The summed E-state index contributed by atoms with van der Waals surface area (Å²) < 4.78 is 0. The van der Waals surface area contributed by atoms with Gasteiger partial charge in [-0.15, -0.1) is 0 Å². The lowest BCUT2D eigenvalue weighted by Crippen LogP contribution is -2.57. The predicted octanol–water partition coefficient (Wildman–Crippen LogP) is 0.0268. The standard InChI is InChI=1S/C22H36N6O5/c1-12(2)8-15(23)19(29)26-16(9-14-10-24-11-25-14)21(31)28-7-5-6-17(28)20(30)27-18(13(3)4)22(32)33/h10-13,15-18H,5-9,23H2,1-4H3,(H,24,25)(H,26,29)(H,27,30)(H,32,33). The van der Waals surface area contributed by atoms with Gasteiger partial charge in [0.05, 0.1) is 12.4 Å². The molecule has 1 saturated heterocycles. The van der Waals surface area contributed by atoms with Gasteiger partial charge >= 0.3 is 5.97 Å². The third-order valence-electron chi connectivity index (χ3n) is 5.72. The summed E-state index contributed by atoms with van der Waals surface area (Å²) >= 11 is 0. The van der Waals surface area contributed by atoms with Crippen LogP contribution in [-0.4, -0.2) is 74.4 Å². The molecule has 2 heterocycles. The molecule has 1 aliphatic rings. The number of nitrogens with one attached hydrogen (secondary N) is 3. The molecule has 11 heteroatoms. The Balaban J connectivity index is 2.18. The Hall–Kier alpha value is -2.95. The summed E-state index contributed by atoms with van der Waals surface area (Å²) in [7, 11) is 0. The molecule has 11 nitrogen and oxygen atoms in total. The molecule has 3 amide bonds. The van der Waals surface area contributed by atoms with Gasteiger partial charge in [-0.1, -0.05) is 27.7 Å². The zero-order valence-electron chi connectivity index (χ0n) is 19.7. The second-order valence-corrected chi connectivity index (χ2v) is 9.34. The molecule has 4 atom stereocenters. The zero-order valence-corrected chi connectivity index (χ0v) is 19.7. The van der Waals surface area contributed by atoms with E-state index >= 15 is 0 Å². The maximum atomic E-state index is 13.5. The van der Waals surface area contributed by atoms with Crippen molar-refractivity contribution >= 4 is 23.7 Å². The number of H-pyrrole nitrogens is 1. The smallest absolute Gasteiger partial charge is 0.326 e. The van der Waals surface area contributed by atoms with Gasteiger partial charge in [0, 0.05) is 24.9 Å². The van der Waals surface area contributed by atoms with Gasteiger partial charge in [0.2, 0.25) is 17.7 Å². The quantitative estimate of drug-likeness (QED) is 0.307. The number of carboxylic acid groups (broad SMARTS) is 1. The minimum Gasteiger partial charge on any atom is -0.480 e. The van der Waals surface area contributed by atoms with Crippen LogP contribution in [0.25, 0.3) is 0 Å². The van der Waals surface area contributed by atoms with Crippen LogP contribution in [-0.2, 0) is 25.6 Å². The highest BCUT2D eigenvalue weighted by Gasteiger charge is 2.39. The topological polar surface area (TPSA) is 171 Å². The number of hydrogen-bond donors (Lipinski definition) is 5. The van der Waals surface area contributed by atoms with Crippen LogP contribution in [0.2, 0.25) is 0 Å². The molecule has 0 bridgehead atoms. The van der Waals surface area contributed by atoms with E-state index in [2.05, 4.69) is 20.6 Å². The van der Waals surface area contributed by atoms with E-state index in [0.717, 1.165) is 0 Å². The third kappa shape index (κ3) is 7.28. The lowest BCUT2D eigenvalue weighted by Gasteiger charge is -2.30. The fraction of sp³-hybridized carbons (Fsp3) is 0.682. The summed E-state index contributed by atoms with van der Waals surface area (Å²) in [6.45, 7) is 7.65. The number of nitrogens with two attached hydrogens (primary N) is 1. The molecule has 0 spiro atoms. The van der Waals surface area contributed by atoms with Gasteiger partial charge in [-0.05, 0) is 31.1 Å². The number of aromatic nitrogens is 2. The van der Waals surface area contributed by atoms with Crippen LogP contribution in [0, 0.1) is 11.8 Å². The molecule has 2 rings (SSSR count). The van der Waals surface area contributed by atoms with Gasteiger partial charge < -0.3 is 31.4 Å². The van der Waals surface area contributed by atoms with E-state index in [1.54, 1.807) is 20.0 Å². The lowest BCUT2D eigenvalue weighted by atomic mass is 10.0. The Morgan fingerprint density at radius 1 is 1.24 bits per heavy atom. The van der Waals surface area contributed by atoms with Crippen molar-refractivity contribution in [2.75, 3.05) is 6.54 Å². The number of hydrogen-bond acceptors (Lipinski definition) is 6. The normalized spacial score (nSPS) is 18.8. The Labute approximate surface area is 193 Å². The number of amides is 3. The summed E-state index contributed by atoms with van der Waals surface area (Å²) in [5.74, 6) is -2.59. The first-order chi connectivity index (χ1) is 15.5. The SMILES string of the molecule is CC(C)CC(N)C(=O)NC(Cc1cnc[nH]1)C(=O)N1CCCC1C(=O)NC(C(=O)O)C(C)C. The third-order valence-corrected chi connectivity index (χ3v) is 5.72. The molecule has 6 N–H and O–H groups in total. The summed E-state index contributed by atoms with van der Waals surface area (Å²) in [4.78, 5) is 58.8. The molecule has 0 aromatic carbocycles. The second kappa shape index (κ2) is 11.8. The van der Waals surface area contributed by atoms with E-state index in [9.17, 15) is 24.3 Å². The maximum absolute atomic E-state index is 13.5. The van der Waals surface area contributed by atoms with Crippen molar-refractivity contribution in [1.82, 2.24) is 25.5 Å². The van der Waals surface area contributed by atoms with Gasteiger partial charge in [-0.2, -0.15) is 0 Å². The summed E-state index contributed by atoms with van der Waals surface area (Å²) in [5, 5.41) is 14.7. The van der Waals surface area contributed by atoms with Crippen LogP contribution < -0.4 is 16.4 Å². The van der Waals surface area contributed by atoms with Gasteiger partial charge in [0.1, 0.15) is 18.1 Å². The number of carbonyl (C=O) groups is 4. The molecular weight excluding hydrogens is 428 g/mol. The minimum absolute atomic E-state index is 0.160. The number of aromatic amines is 1. The largest absolute Gasteiger partial charge is 0.480 e. The first-order valence-electron chi connectivity index (χ1n) is 11.4. The van der Waals surface area contributed by atoms with Crippen LogP contribution in [0.15, 0.2) is 12.5 Å². The van der Waals surface area contributed by atoms with Gasteiger partial charge in [-0.3, -0.25) is 14.4 Å². The second-order valence-electron chi connectivity index (χ2n) is 9.34. The first-order valence-corrected chi connectivity index (χ1v) is 11.4. The van der Waals surface area contributed by atoms with E-state index in [1.165, 1.54) is 11.2 Å². The van der Waals surface area contributed by atoms with Crippen molar-refractivity contribution in [2.45, 2.75) is 77.5 Å². The van der Waals surface area contributed by atoms with E-state index in [4.69, 9.17) is 5.73 Å². The molecule has 1 fully saturated rings. The van der Waals surface area contributed by atoms with Crippen molar-refractivity contribution in [3.63, 3.8) is 0 Å². The maximum Gasteiger partial charge on any atom is 0.326 e. The van der Waals surface area contributed by atoms with E-state index in [1.807, 2.05) is 13.8 Å². The van der Waals surface area contributed by atoms with E-state index in [-0.39, 0.29) is 18.3 Å². The van der Waals surface area contributed by atoms with E-state index in [0.29, 0.717) is 31.5 Å². The monoisotopic (exact) mass is 464 g/mol. The molecule has 0 radical (unpaired) electrons. The number of likely N-dealkylation sites (tertiary alicyclic amines) is 1. The predicted molar refractivity (Wildman–Crippen MR) is 121 cm³/mol. The minimum atomic E-state index is -1.13. The number of aliphatic carboxylic acids is 1. The van der Waals surface area contributed by atoms with Crippen LogP contribution in [0.1, 0.15) is 52.7 Å². The molecule has 1 aliphatic heterocycles. The highest BCUT2D eigenvalue weighted by atomic mass is 16.4. The molecule has 1 aromatic rings. The van der Waals surface area contributed by atoms with Crippen molar-refractivity contribution < 1.29 is 24.3 Å². The average Bonchev–Trinajstić information content (AvgIpc) is 3.41. The highest BCUT2D eigenvalue weighted by Crippen LogP contribution is 2.20. The van der Waals surface area contributed by atoms with Crippen LogP contribution >= 0.6 is 0 Å². The average molecular weight is 465 g/mol. The Kier molecular flexibility index (Phi) is 9.39. The molecule has 4 unspecified atom stereocenters. The number of imidazole rings is 1. The lowest BCUT2D eigenvalue weighted by molar-refractivity contribution is -0.145. The first kappa shape index (κ1) is 26.3. The number of carbonyl (C=O) groups excluding carboxylic acids is 3. The van der Waals surface area contributed by atoms with Crippen molar-refractivity contribution in [1.29, 1.82) is 0 Å². The summed E-state index contributed by atoms with van der Waals surface area (Å²) in [5.41, 5.74) is 6.65. The Morgan fingerprint density at radius 3 is 2.48 bits per heavy atom. The molecule has 1 aromatic heterocycles. The Bertz CT molecular complexity index is 825. The fourth-order valence-electron chi connectivity index (χ4n) is 3.98. The van der Waals surface area contributed by atoms with Crippen LogP contribution in [0.3, 0.4) is 0 Å². The summed E-state index contributed by atoms with van der Waals surface area (Å²) in [6.07, 6.45) is 4.69. The fourth-order valence-corrected chi connectivity index (χ4v) is 3.98. The highest BCUT2D eigenvalue weighted by molar-refractivity contribution is 5.94. The van der Waals surface area contributed by atoms with Gasteiger partial charge in [0.15, 0.2) is 0 Å². The molecule has 33 heavy (non-hydrogen) atoms. The van der Waals surface area contributed by atoms with Gasteiger partial charge in [-0.25, -0.2) is 9.78 Å². The Morgan fingerprint density at radius 2 is 1.94 bits per heavy atom. The molecule has 0 saturated carbocycles. The number of rotatable bonds is 11. The summed E-state index contributed by atoms with van der Waals surface area (Å²) in [6, 6.07) is -3.56.